The van der Waals surface area contributed by atoms with Gasteiger partial charge in [-0.25, -0.2) is 14.0 Å². The Hall–Kier alpha value is -3.49. The van der Waals surface area contributed by atoms with Crippen LogP contribution in [0, 0.1) is 5.82 Å². The number of hydrogen-bond acceptors (Lipinski definition) is 5. The summed E-state index contributed by atoms with van der Waals surface area (Å²) in [5.41, 5.74) is 0.683. The molecule has 0 unspecified atom stereocenters. The fraction of sp³-hybridized carbons (Fsp3) is 0.222. The summed E-state index contributed by atoms with van der Waals surface area (Å²) in [5.74, 6) is 0.648. The summed E-state index contributed by atoms with van der Waals surface area (Å²) < 4.78 is 29.4. The Morgan fingerprint density at radius 1 is 1.19 bits per heavy atom. The fourth-order valence-electron chi connectivity index (χ4n) is 2.83. The minimum absolute atomic E-state index is 0.0698. The van der Waals surface area contributed by atoms with Crippen LogP contribution in [0.3, 0.4) is 0 Å². The highest BCUT2D eigenvalue weighted by molar-refractivity contribution is 5.91. The van der Waals surface area contributed by atoms with Crippen molar-refractivity contribution < 1.29 is 28.2 Å². The Bertz CT molecular complexity index is 891. The molecule has 0 spiro atoms. The molecule has 9 heteroatoms. The zero-order valence-corrected chi connectivity index (χ0v) is 14.1. The first-order valence-corrected chi connectivity index (χ1v) is 8.27. The van der Waals surface area contributed by atoms with Gasteiger partial charge in [0, 0.05) is 6.07 Å². The van der Waals surface area contributed by atoms with Crippen molar-refractivity contribution in [2.45, 2.75) is 6.10 Å². The SMILES string of the molecule is O=C(NC[C@@H]1CN(c2ccc3c(c2)OCO3)C(=O)O1)Nc1ccccc1F. The maximum absolute atomic E-state index is 13.5. The maximum Gasteiger partial charge on any atom is 0.414 e. The average molecular weight is 373 g/mol. The van der Waals surface area contributed by atoms with E-state index in [1.807, 2.05) is 0 Å². The van der Waals surface area contributed by atoms with E-state index in [-0.39, 0.29) is 25.6 Å². The molecule has 2 heterocycles. The first kappa shape index (κ1) is 17.0. The van der Waals surface area contributed by atoms with Gasteiger partial charge in [-0.1, -0.05) is 12.1 Å². The summed E-state index contributed by atoms with van der Waals surface area (Å²) >= 11 is 0. The number of benzene rings is 2. The molecule has 2 aromatic rings. The van der Waals surface area contributed by atoms with Gasteiger partial charge in [0.15, 0.2) is 11.5 Å². The topological polar surface area (TPSA) is 89.1 Å². The molecule has 2 aliphatic rings. The van der Waals surface area contributed by atoms with Crippen LogP contribution in [0.25, 0.3) is 0 Å². The monoisotopic (exact) mass is 373 g/mol. The number of ether oxygens (including phenoxy) is 3. The number of urea groups is 1. The largest absolute Gasteiger partial charge is 0.454 e. The van der Waals surface area contributed by atoms with E-state index in [2.05, 4.69) is 10.6 Å². The van der Waals surface area contributed by atoms with Crippen LogP contribution in [0.15, 0.2) is 42.5 Å². The Morgan fingerprint density at radius 3 is 2.85 bits per heavy atom. The number of carbonyl (C=O) groups excluding carboxylic acids is 2. The number of para-hydroxylation sites is 1. The lowest BCUT2D eigenvalue weighted by molar-refractivity contribution is 0.141. The summed E-state index contributed by atoms with van der Waals surface area (Å²) in [7, 11) is 0. The molecule has 0 bridgehead atoms. The van der Waals surface area contributed by atoms with Crippen LogP contribution in [0.4, 0.5) is 25.4 Å². The molecule has 2 aromatic carbocycles. The number of rotatable bonds is 4. The van der Waals surface area contributed by atoms with Crippen LogP contribution in [0.1, 0.15) is 0 Å². The summed E-state index contributed by atoms with van der Waals surface area (Å²) in [4.78, 5) is 25.5. The van der Waals surface area contributed by atoms with E-state index < -0.39 is 24.0 Å². The standard InChI is InChI=1S/C18H16FN3O5/c19-13-3-1-2-4-14(13)21-17(23)20-8-12-9-22(18(24)27-12)11-5-6-15-16(7-11)26-10-25-15/h1-7,12H,8-10H2,(H2,20,21,23)/t12-/m1/s1. The van der Waals surface area contributed by atoms with Crippen molar-refractivity contribution >= 4 is 23.5 Å². The predicted octanol–water partition coefficient (Wildman–Crippen LogP) is 2.70. The number of carbonyl (C=O) groups is 2. The molecule has 8 nitrogen and oxygen atoms in total. The van der Waals surface area contributed by atoms with Gasteiger partial charge in [-0.05, 0) is 24.3 Å². The molecule has 3 amide bonds. The normalized spacial score (nSPS) is 17.6. The van der Waals surface area contributed by atoms with E-state index in [1.54, 1.807) is 24.3 Å². The molecule has 0 aliphatic carbocycles. The van der Waals surface area contributed by atoms with Crippen molar-refractivity contribution in [1.82, 2.24) is 5.32 Å². The van der Waals surface area contributed by atoms with Crippen LogP contribution in [-0.2, 0) is 4.74 Å². The van der Waals surface area contributed by atoms with Crippen LogP contribution in [0.2, 0.25) is 0 Å². The second-order valence-corrected chi connectivity index (χ2v) is 5.97. The van der Waals surface area contributed by atoms with Crippen LogP contribution < -0.4 is 25.0 Å². The van der Waals surface area contributed by atoms with Crippen molar-refractivity contribution in [3.8, 4) is 11.5 Å². The third kappa shape index (κ3) is 3.57. The van der Waals surface area contributed by atoms with Crippen LogP contribution in [-0.4, -0.2) is 38.1 Å². The third-order valence-corrected chi connectivity index (χ3v) is 4.15. The fourth-order valence-corrected chi connectivity index (χ4v) is 2.83. The molecular weight excluding hydrogens is 357 g/mol. The third-order valence-electron chi connectivity index (χ3n) is 4.15. The number of fused-ring (bicyclic) bond motifs is 1. The number of nitrogens with one attached hydrogen (secondary N) is 2. The first-order valence-electron chi connectivity index (χ1n) is 8.27. The van der Waals surface area contributed by atoms with Gasteiger partial charge in [-0.3, -0.25) is 4.90 Å². The van der Waals surface area contributed by atoms with E-state index in [0.717, 1.165) is 0 Å². The maximum atomic E-state index is 13.5. The van der Waals surface area contributed by atoms with E-state index in [1.165, 1.54) is 23.1 Å². The number of anilines is 2. The number of amides is 3. The molecule has 0 aromatic heterocycles. The Balaban J connectivity index is 1.33. The minimum atomic E-state index is -0.585. The molecule has 1 fully saturated rings. The second kappa shape index (κ2) is 7.02. The molecular formula is C18H16FN3O5. The van der Waals surface area contributed by atoms with Crippen molar-refractivity contribution in [1.29, 1.82) is 0 Å². The van der Waals surface area contributed by atoms with Gasteiger partial charge >= 0.3 is 12.1 Å². The number of nitrogens with zero attached hydrogens (tertiary/aromatic N) is 1. The number of halogens is 1. The lowest BCUT2D eigenvalue weighted by Crippen LogP contribution is -2.37. The molecule has 1 atom stereocenters. The molecule has 1 saturated heterocycles. The van der Waals surface area contributed by atoms with Crippen molar-refractivity contribution in [2.75, 3.05) is 30.1 Å². The lowest BCUT2D eigenvalue weighted by atomic mass is 10.2. The smallest absolute Gasteiger partial charge is 0.414 e. The molecule has 27 heavy (non-hydrogen) atoms. The average Bonchev–Trinajstić information content (AvgIpc) is 3.27. The molecule has 2 aliphatic heterocycles. The Kier molecular flexibility index (Phi) is 4.41. The zero-order valence-electron chi connectivity index (χ0n) is 14.1. The van der Waals surface area contributed by atoms with Gasteiger partial charge in [0.25, 0.3) is 0 Å². The van der Waals surface area contributed by atoms with Crippen LogP contribution in [0.5, 0.6) is 11.5 Å². The number of hydrogen-bond donors (Lipinski definition) is 2. The summed E-state index contributed by atoms with van der Waals surface area (Å²) in [5, 5.41) is 4.98. The van der Waals surface area contributed by atoms with Gasteiger partial charge in [0.05, 0.1) is 24.5 Å². The highest BCUT2D eigenvalue weighted by Gasteiger charge is 2.33. The quantitative estimate of drug-likeness (QED) is 0.860. The van der Waals surface area contributed by atoms with E-state index in [9.17, 15) is 14.0 Å². The molecule has 140 valence electrons. The van der Waals surface area contributed by atoms with Crippen molar-refractivity contribution in [3.05, 3.63) is 48.3 Å². The molecule has 0 radical (unpaired) electrons. The molecule has 4 rings (SSSR count). The van der Waals surface area contributed by atoms with Crippen LogP contribution >= 0.6 is 0 Å². The highest BCUT2D eigenvalue weighted by atomic mass is 19.1. The van der Waals surface area contributed by atoms with E-state index in [0.29, 0.717) is 17.2 Å². The van der Waals surface area contributed by atoms with Gasteiger partial charge in [0.2, 0.25) is 6.79 Å². The van der Waals surface area contributed by atoms with Gasteiger partial charge in [-0.2, -0.15) is 0 Å². The van der Waals surface area contributed by atoms with Crippen molar-refractivity contribution in [2.24, 2.45) is 0 Å². The number of cyclic esters (lactones) is 1. The first-order chi connectivity index (χ1) is 13.1. The minimum Gasteiger partial charge on any atom is -0.454 e. The predicted molar refractivity (Wildman–Crippen MR) is 93.6 cm³/mol. The Labute approximate surface area is 153 Å². The van der Waals surface area contributed by atoms with Gasteiger partial charge in [-0.15, -0.1) is 0 Å². The summed E-state index contributed by atoms with van der Waals surface area (Å²) in [6.07, 6.45) is -1.05. The van der Waals surface area contributed by atoms with Gasteiger partial charge < -0.3 is 24.8 Å². The zero-order chi connectivity index (χ0) is 18.8. The summed E-state index contributed by atoms with van der Waals surface area (Å²) in [6, 6.07) is 10.4. The summed E-state index contributed by atoms with van der Waals surface area (Å²) in [6.45, 7) is 0.498. The lowest BCUT2D eigenvalue weighted by Gasteiger charge is -2.14. The van der Waals surface area contributed by atoms with E-state index in [4.69, 9.17) is 14.2 Å². The second-order valence-electron chi connectivity index (χ2n) is 5.97. The van der Waals surface area contributed by atoms with E-state index >= 15 is 0 Å². The van der Waals surface area contributed by atoms with Crippen molar-refractivity contribution in [3.63, 3.8) is 0 Å². The highest BCUT2D eigenvalue weighted by Crippen LogP contribution is 2.36. The Morgan fingerprint density at radius 2 is 2.00 bits per heavy atom. The molecule has 2 N–H and O–H groups in total. The van der Waals surface area contributed by atoms with Gasteiger partial charge in [0.1, 0.15) is 11.9 Å². The molecule has 0 saturated carbocycles.